The van der Waals surface area contributed by atoms with E-state index in [0.717, 1.165) is 83.5 Å². The molecule has 1 atom stereocenters. The Balaban J connectivity index is 4.36. The maximum Gasteiger partial charge on any atom is 0.306 e. The normalized spacial score (nSPS) is 12.4. The first kappa shape index (κ1) is 54.4. The first-order valence-electron chi connectivity index (χ1n) is 24.2. The number of rotatable bonds is 43. The summed E-state index contributed by atoms with van der Waals surface area (Å²) in [7, 11) is 0. The lowest BCUT2D eigenvalue weighted by Crippen LogP contribution is -2.30. The van der Waals surface area contributed by atoms with E-state index in [0.29, 0.717) is 19.3 Å². The van der Waals surface area contributed by atoms with Gasteiger partial charge < -0.3 is 14.2 Å². The maximum atomic E-state index is 12.7. The van der Waals surface area contributed by atoms with Gasteiger partial charge in [-0.3, -0.25) is 14.4 Å². The first-order valence-corrected chi connectivity index (χ1v) is 24.2. The van der Waals surface area contributed by atoms with Crippen molar-refractivity contribution in [3.8, 4) is 0 Å². The van der Waals surface area contributed by atoms with Gasteiger partial charge in [-0.15, -0.1) is 0 Å². The lowest BCUT2D eigenvalue weighted by atomic mass is 10.0. The van der Waals surface area contributed by atoms with E-state index >= 15 is 0 Å². The monoisotopic (exact) mass is 799 g/mol. The third-order valence-corrected chi connectivity index (χ3v) is 10.4. The summed E-state index contributed by atoms with van der Waals surface area (Å²) in [5.41, 5.74) is 0. The Hall–Kier alpha value is -2.63. The van der Waals surface area contributed by atoms with Crippen molar-refractivity contribution in [2.45, 2.75) is 245 Å². The largest absolute Gasteiger partial charge is 0.462 e. The van der Waals surface area contributed by atoms with Crippen LogP contribution in [0.1, 0.15) is 239 Å². The van der Waals surface area contributed by atoms with Gasteiger partial charge in [0, 0.05) is 19.3 Å². The summed E-state index contributed by atoms with van der Waals surface area (Å²) in [6.45, 7) is 6.49. The van der Waals surface area contributed by atoms with Gasteiger partial charge in [0.05, 0.1) is 0 Å². The van der Waals surface area contributed by atoms with Crippen molar-refractivity contribution >= 4 is 17.9 Å². The molecule has 0 aliphatic heterocycles. The molecule has 0 radical (unpaired) electrons. The topological polar surface area (TPSA) is 78.9 Å². The van der Waals surface area contributed by atoms with E-state index in [4.69, 9.17) is 14.2 Å². The van der Waals surface area contributed by atoms with Crippen LogP contribution in [0.15, 0.2) is 48.6 Å². The van der Waals surface area contributed by atoms with Crippen molar-refractivity contribution in [3.63, 3.8) is 0 Å². The minimum atomic E-state index is -0.793. The van der Waals surface area contributed by atoms with E-state index < -0.39 is 6.10 Å². The van der Waals surface area contributed by atoms with Gasteiger partial charge in [-0.05, 0) is 57.8 Å². The van der Waals surface area contributed by atoms with Crippen LogP contribution in [0, 0.1) is 0 Å². The molecule has 0 aliphatic rings. The van der Waals surface area contributed by atoms with Gasteiger partial charge >= 0.3 is 17.9 Å². The second-order valence-corrected chi connectivity index (χ2v) is 16.1. The van der Waals surface area contributed by atoms with E-state index in [2.05, 4.69) is 69.4 Å². The van der Waals surface area contributed by atoms with Gasteiger partial charge in [0.25, 0.3) is 0 Å². The SMILES string of the molecule is CCCC/C=C\C=C/CCCCCC(=O)OCC(COC(=O)CCCCCCCCCCCCCCCCCCC)OC(=O)CCCCC/C=C\C=C/CCCC. The van der Waals surface area contributed by atoms with Gasteiger partial charge in [0.2, 0.25) is 0 Å². The van der Waals surface area contributed by atoms with E-state index in [1.165, 1.54) is 116 Å². The molecule has 0 spiro atoms. The average molecular weight is 799 g/mol. The Morgan fingerprint density at radius 2 is 0.632 bits per heavy atom. The van der Waals surface area contributed by atoms with Crippen molar-refractivity contribution in [1.29, 1.82) is 0 Å². The van der Waals surface area contributed by atoms with Gasteiger partial charge in [0.15, 0.2) is 6.10 Å². The number of hydrogen-bond acceptors (Lipinski definition) is 6. The predicted octanol–water partition coefficient (Wildman–Crippen LogP) is 15.5. The molecule has 0 aromatic heterocycles. The highest BCUT2D eigenvalue weighted by Gasteiger charge is 2.19. The second-order valence-electron chi connectivity index (χ2n) is 16.1. The molecule has 330 valence electrons. The molecule has 0 bridgehead atoms. The Bertz CT molecular complexity index is 1010. The standard InChI is InChI=1S/C51H90O6/c1-4-7-10-13-16-19-22-23-24-25-26-27-30-32-35-38-41-44-50(53)56-47-48(57-51(54)45-42-39-36-33-29-21-18-15-12-9-6-3)46-55-49(52)43-40-37-34-31-28-20-17-14-11-8-5-2/h14-15,17-18,20-21,28-29,48H,4-13,16,19,22-27,30-47H2,1-3H3/b17-14-,18-15-,28-20-,29-21-. The third kappa shape index (κ3) is 44.3. The number of unbranched alkanes of at least 4 members (excludes halogenated alkanes) is 26. The molecule has 0 amide bonds. The van der Waals surface area contributed by atoms with Gasteiger partial charge in [-0.25, -0.2) is 0 Å². The molecule has 0 aromatic rings. The quantitative estimate of drug-likeness (QED) is 0.0265. The zero-order valence-corrected chi connectivity index (χ0v) is 37.6. The molecular weight excluding hydrogens is 709 g/mol. The van der Waals surface area contributed by atoms with Gasteiger partial charge in [-0.2, -0.15) is 0 Å². The van der Waals surface area contributed by atoms with Crippen LogP contribution in [0.2, 0.25) is 0 Å². The average Bonchev–Trinajstić information content (AvgIpc) is 3.21. The third-order valence-electron chi connectivity index (χ3n) is 10.4. The lowest BCUT2D eigenvalue weighted by Gasteiger charge is -2.18. The fourth-order valence-corrected chi connectivity index (χ4v) is 6.63. The summed E-state index contributed by atoms with van der Waals surface area (Å²) < 4.78 is 16.7. The van der Waals surface area contributed by atoms with Crippen molar-refractivity contribution in [1.82, 2.24) is 0 Å². The smallest absolute Gasteiger partial charge is 0.306 e. The van der Waals surface area contributed by atoms with Crippen molar-refractivity contribution in [2.24, 2.45) is 0 Å². The van der Waals surface area contributed by atoms with Crippen LogP contribution in [0.5, 0.6) is 0 Å². The van der Waals surface area contributed by atoms with Crippen LogP contribution in [0.4, 0.5) is 0 Å². The molecule has 6 nitrogen and oxygen atoms in total. The molecule has 0 fully saturated rings. The van der Waals surface area contributed by atoms with Crippen molar-refractivity contribution in [2.75, 3.05) is 13.2 Å². The Morgan fingerprint density at radius 3 is 0.982 bits per heavy atom. The molecule has 0 aliphatic carbocycles. The molecule has 0 saturated carbocycles. The summed E-state index contributed by atoms with van der Waals surface area (Å²) >= 11 is 0. The van der Waals surface area contributed by atoms with E-state index in [9.17, 15) is 14.4 Å². The van der Waals surface area contributed by atoms with E-state index in [1.54, 1.807) is 0 Å². The predicted molar refractivity (Wildman–Crippen MR) is 242 cm³/mol. The molecule has 0 rings (SSSR count). The van der Waals surface area contributed by atoms with Gasteiger partial charge in [-0.1, -0.05) is 211 Å². The number of carbonyl (C=O) groups is 3. The number of hydrogen-bond donors (Lipinski definition) is 0. The zero-order valence-electron chi connectivity index (χ0n) is 37.6. The Kier molecular flexibility index (Phi) is 43.9. The summed E-state index contributed by atoms with van der Waals surface area (Å²) in [6, 6.07) is 0. The first-order chi connectivity index (χ1) is 28.0. The summed E-state index contributed by atoms with van der Waals surface area (Å²) in [6.07, 6.45) is 53.9. The fourth-order valence-electron chi connectivity index (χ4n) is 6.63. The van der Waals surface area contributed by atoms with Crippen LogP contribution < -0.4 is 0 Å². The highest BCUT2D eigenvalue weighted by Crippen LogP contribution is 2.15. The summed E-state index contributed by atoms with van der Waals surface area (Å²) in [5, 5.41) is 0. The zero-order chi connectivity index (χ0) is 41.5. The molecule has 1 unspecified atom stereocenters. The Morgan fingerprint density at radius 1 is 0.351 bits per heavy atom. The minimum Gasteiger partial charge on any atom is -0.462 e. The number of esters is 3. The second kappa shape index (κ2) is 46.1. The summed E-state index contributed by atoms with van der Waals surface area (Å²) in [5.74, 6) is -0.946. The number of carbonyl (C=O) groups excluding carboxylic acids is 3. The summed E-state index contributed by atoms with van der Waals surface area (Å²) in [4.78, 5) is 37.8. The molecule has 0 N–H and O–H groups in total. The van der Waals surface area contributed by atoms with Crippen LogP contribution in [0.3, 0.4) is 0 Å². The maximum absolute atomic E-state index is 12.7. The lowest BCUT2D eigenvalue weighted by molar-refractivity contribution is -0.167. The fraction of sp³-hybridized carbons (Fsp3) is 0.784. The Labute approximate surface area is 352 Å². The molecule has 0 saturated heterocycles. The number of ether oxygens (including phenoxy) is 3. The highest BCUT2D eigenvalue weighted by atomic mass is 16.6. The van der Waals surface area contributed by atoms with Crippen LogP contribution in [0.25, 0.3) is 0 Å². The van der Waals surface area contributed by atoms with Crippen LogP contribution >= 0.6 is 0 Å². The van der Waals surface area contributed by atoms with Crippen LogP contribution in [-0.2, 0) is 28.6 Å². The van der Waals surface area contributed by atoms with E-state index in [-0.39, 0.29) is 31.1 Å². The molecule has 0 aromatic carbocycles. The van der Waals surface area contributed by atoms with Crippen molar-refractivity contribution < 1.29 is 28.6 Å². The van der Waals surface area contributed by atoms with Crippen LogP contribution in [-0.4, -0.2) is 37.2 Å². The minimum absolute atomic E-state index is 0.0907. The molecule has 6 heteroatoms. The van der Waals surface area contributed by atoms with Crippen molar-refractivity contribution in [3.05, 3.63) is 48.6 Å². The number of allylic oxidation sites excluding steroid dienone is 8. The molecule has 0 heterocycles. The molecule has 57 heavy (non-hydrogen) atoms. The van der Waals surface area contributed by atoms with E-state index in [1.807, 2.05) is 0 Å². The van der Waals surface area contributed by atoms with Gasteiger partial charge in [0.1, 0.15) is 13.2 Å². The molecular formula is C51H90O6. The highest BCUT2D eigenvalue weighted by molar-refractivity contribution is 5.71.